The zero-order chi connectivity index (χ0) is 16.3. The summed E-state index contributed by atoms with van der Waals surface area (Å²) in [5.41, 5.74) is 7.36. The highest BCUT2D eigenvalue weighted by molar-refractivity contribution is 8.00. The summed E-state index contributed by atoms with van der Waals surface area (Å²) in [5, 5.41) is 25.6. The minimum Gasteiger partial charge on any atom is -0.369 e. The molecule has 1 fully saturated rings. The lowest BCUT2D eigenvalue weighted by Crippen LogP contribution is -2.29. The van der Waals surface area contributed by atoms with Crippen LogP contribution in [0.2, 0.25) is 0 Å². The Labute approximate surface area is 128 Å². The number of nitrogens with one attached hydrogen (secondary N) is 1. The first-order chi connectivity index (χ1) is 10.4. The van der Waals surface area contributed by atoms with Crippen molar-refractivity contribution >= 4 is 40.4 Å². The summed E-state index contributed by atoms with van der Waals surface area (Å²) < 4.78 is 0. The zero-order valence-corrected chi connectivity index (χ0v) is 11.9. The molecule has 1 unspecified atom stereocenters. The van der Waals surface area contributed by atoms with Crippen molar-refractivity contribution < 1.29 is 14.6 Å². The maximum absolute atomic E-state index is 11.2. The molecule has 1 saturated heterocycles. The number of nitro groups is 2. The summed E-state index contributed by atoms with van der Waals surface area (Å²) >= 11 is 1.48. The number of nitrogens with two attached hydrogens (primary N) is 1. The van der Waals surface area contributed by atoms with Crippen molar-refractivity contribution in [2.24, 2.45) is 16.8 Å². The van der Waals surface area contributed by atoms with Gasteiger partial charge in [-0.25, -0.2) is 0 Å². The van der Waals surface area contributed by atoms with Crippen LogP contribution in [0.25, 0.3) is 0 Å². The molecule has 2 rings (SSSR count). The maximum Gasteiger partial charge on any atom is 0.301 e. The van der Waals surface area contributed by atoms with Crippen LogP contribution in [0, 0.1) is 26.1 Å². The van der Waals surface area contributed by atoms with Crippen LogP contribution in [0.4, 0.5) is 17.1 Å². The minimum atomic E-state index is -0.746. The van der Waals surface area contributed by atoms with Crippen LogP contribution in [-0.2, 0) is 4.79 Å². The summed E-state index contributed by atoms with van der Waals surface area (Å²) in [5.74, 6) is -0.0297. The second-order valence-electron chi connectivity index (χ2n) is 4.40. The second kappa shape index (κ2) is 6.39. The molecule has 0 spiro atoms. The van der Waals surface area contributed by atoms with Gasteiger partial charge in [-0.15, -0.1) is 0 Å². The average molecular weight is 325 g/mol. The third kappa shape index (κ3) is 3.31. The summed E-state index contributed by atoms with van der Waals surface area (Å²) in [6.45, 7) is 0. The molecule has 1 aliphatic heterocycles. The van der Waals surface area contributed by atoms with Gasteiger partial charge in [0.1, 0.15) is 5.69 Å². The number of hydrogen-bond donors (Lipinski definition) is 2. The monoisotopic (exact) mass is 325 g/mol. The van der Waals surface area contributed by atoms with Gasteiger partial charge in [0.15, 0.2) is 0 Å². The molecular weight excluding hydrogens is 314 g/mol. The van der Waals surface area contributed by atoms with Crippen LogP contribution in [0.15, 0.2) is 23.3 Å². The largest absolute Gasteiger partial charge is 0.369 e. The third-order valence-corrected chi connectivity index (χ3v) is 4.06. The van der Waals surface area contributed by atoms with E-state index < -0.39 is 33.0 Å². The number of rotatable bonds is 5. The van der Waals surface area contributed by atoms with Crippen molar-refractivity contribution in [3.8, 4) is 0 Å². The summed E-state index contributed by atoms with van der Waals surface area (Å²) in [6, 6.07) is 3.17. The highest BCUT2D eigenvalue weighted by Crippen LogP contribution is 2.29. The fourth-order valence-corrected chi connectivity index (χ4v) is 3.03. The lowest BCUT2D eigenvalue weighted by Gasteiger charge is -2.07. The van der Waals surface area contributed by atoms with Gasteiger partial charge in [0, 0.05) is 17.6 Å². The standard InChI is InChI=1S/C11H11N5O5S/c12-11(17)7-4-22-5-9(7)14-13-8-2-1-6(15(18)19)3-10(8)16(20)21/h1-3,7,13H,4-5H2,(H2,12,17)/b14-9+. The zero-order valence-electron chi connectivity index (χ0n) is 11.1. The number of hydrazone groups is 1. The van der Waals surface area contributed by atoms with Gasteiger partial charge in [0.05, 0.1) is 27.5 Å². The molecule has 1 amide bonds. The molecule has 1 atom stereocenters. The molecule has 3 N–H and O–H groups in total. The minimum absolute atomic E-state index is 0.00298. The van der Waals surface area contributed by atoms with Crippen molar-refractivity contribution in [1.82, 2.24) is 0 Å². The van der Waals surface area contributed by atoms with E-state index in [0.717, 1.165) is 12.1 Å². The normalized spacial score (nSPS) is 19.1. The number of amides is 1. The van der Waals surface area contributed by atoms with E-state index in [4.69, 9.17) is 5.73 Å². The van der Waals surface area contributed by atoms with E-state index in [-0.39, 0.29) is 5.69 Å². The van der Waals surface area contributed by atoms with Crippen LogP contribution >= 0.6 is 11.8 Å². The van der Waals surface area contributed by atoms with Gasteiger partial charge in [-0.3, -0.25) is 30.4 Å². The van der Waals surface area contributed by atoms with E-state index in [9.17, 15) is 25.0 Å². The Balaban J connectivity index is 2.28. The molecule has 0 bridgehead atoms. The molecule has 0 aliphatic carbocycles. The third-order valence-electron chi connectivity index (χ3n) is 2.99. The predicted octanol–water partition coefficient (Wildman–Crippen LogP) is 1.12. The van der Waals surface area contributed by atoms with Crippen LogP contribution in [0.1, 0.15) is 0 Å². The Hall–Kier alpha value is -2.69. The molecule has 22 heavy (non-hydrogen) atoms. The molecule has 116 valence electrons. The van der Waals surface area contributed by atoms with Crippen molar-refractivity contribution in [1.29, 1.82) is 0 Å². The second-order valence-corrected chi connectivity index (χ2v) is 5.43. The SMILES string of the molecule is NC(=O)C1CSC/C1=N\Nc1ccc([N+](=O)[O-])cc1[N+](=O)[O-]. The highest BCUT2D eigenvalue weighted by atomic mass is 32.2. The van der Waals surface area contributed by atoms with Gasteiger partial charge in [0.2, 0.25) is 5.91 Å². The van der Waals surface area contributed by atoms with E-state index >= 15 is 0 Å². The van der Waals surface area contributed by atoms with Crippen LogP contribution < -0.4 is 11.2 Å². The number of nitro benzene ring substituents is 2. The molecule has 0 saturated carbocycles. The molecule has 1 aliphatic rings. The van der Waals surface area contributed by atoms with Crippen molar-refractivity contribution in [2.75, 3.05) is 16.9 Å². The van der Waals surface area contributed by atoms with E-state index in [2.05, 4.69) is 10.5 Å². The summed E-state index contributed by atoms with van der Waals surface area (Å²) in [4.78, 5) is 31.4. The van der Waals surface area contributed by atoms with Crippen molar-refractivity contribution in [2.45, 2.75) is 0 Å². The number of non-ortho nitro benzene ring substituents is 1. The van der Waals surface area contributed by atoms with Gasteiger partial charge in [-0.05, 0) is 6.07 Å². The van der Waals surface area contributed by atoms with Crippen LogP contribution in [0.5, 0.6) is 0 Å². The first kappa shape index (κ1) is 15.7. The van der Waals surface area contributed by atoms with Gasteiger partial charge in [0.25, 0.3) is 5.69 Å². The van der Waals surface area contributed by atoms with E-state index in [0.29, 0.717) is 17.2 Å². The van der Waals surface area contributed by atoms with E-state index in [1.165, 1.54) is 17.8 Å². The first-order valence-corrected chi connectivity index (χ1v) is 7.18. The first-order valence-electron chi connectivity index (χ1n) is 6.02. The van der Waals surface area contributed by atoms with E-state index in [1.54, 1.807) is 0 Å². The Morgan fingerprint density at radius 3 is 2.68 bits per heavy atom. The lowest BCUT2D eigenvalue weighted by molar-refractivity contribution is -0.393. The molecule has 1 aromatic carbocycles. The van der Waals surface area contributed by atoms with E-state index in [1.807, 2.05) is 0 Å². The molecule has 0 aromatic heterocycles. The topological polar surface area (TPSA) is 154 Å². The molecular formula is C11H11N5O5S. The highest BCUT2D eigenvalue weighted by Gasteiger charge is 2.28. The summed E-state index contributed by atoms with van der Waals surface area (Å²) in [6.07, 6.45) is 0. The van der Waals surface area contributed by atoms with Gasteiger partial charge >= 0.3 is 5.69 Å². The number of primary amides is 1. The summed E-state index contributed by atoms with van der Waals surface area (Å²) in [7, 11) is 0. The van der Waals surface area contributed by atoms with Crippen molar-refractivity contribution in [3.63, 3.8) is 0 Å². The van der Waals surface area contributed by atoms with Gasteiger partial charge < -0.3 is 5.73 Å². The number of hydrogen-bond acceptors (Lipinski definition) is 8. The van der Waals surface area contributed by atoms with Crippen LogP contribution in [0.3, 0.4) is 0 Å². The van der Waals surface area contributed by atoms with Crippen molar-refractivity contribution in [3.05, 3.63) is 38.4 Å². The van der Waals surface area contributed by atoms with Gasteiger partial charge in [-0.2, -0.15) is 16.9 Å². The number of benzene rings is 1. The molecule has 10 nitrogen and oxygen atoms in total. The molecule has 1 heterocycles. The predicted molar refractivity (Wildman–Crippen MR) is 80.8 cm³/mol. The fraction of sp³-hybridized carbons (Fsp3) is 0.273. The fourth-order valence-electron chi connectivity index (χ4n) is 1.85. The number of carbonyl (C=O) groups is 1. The number of thioether (sulfide) groups is 1. The lowest BCUT2D eigenvalue weighted by atomic mass is 10.1. The molecule has 11 heteroatoms. The maximum atomic E-state index is 11.2. The smallest absolute Gasteiger partial charge is 0.301 e. The Kier molecular flexibility index (Phi) is 4.56. The van der Waals surface area contributed by atoms with Crippen LogP contribution in [-0.4, -0.2) is 33.0 Å². The Morgan fingerprint density at radius 1 is 1.36 bits per heavy atom. The number of anilines is 1. The average Bonchev–Trinajstić information content (AvgIpc) is 2.93. The Bertz CT molecular complexity index is 677. The number of carbonyl (C=O) groups excluding carboxylic acids is 1. The van der Waals surface area contributed by atoms with Gasteiger partial charge in [-0.1, -0.05) is 0 Å². The molecule has 1 aromatic rings. The quantitative estimate of drug-likeness (QED) is 0.607. The Morgan fingerprint density at radius 2 is 2.09 bits per heavy atom. The molecule has 0 radical (unpaired) electrons. The number of nitrogens with zero attached hydrogens (tertiary/aromatic N) is 3.